The number of aromatic amines is 1. The second-order valence-corrected chi connectivity index (χ2v) is 7.62. The minimum Gasteiger partial charge on any atom is -0.497 e. The van der Waals surface area contributed by atoms with E-state index in [4.69, 9.17) is 9.73 Å². The molecule has 0 radical (unpaired) electrons. The summed E-state index contributed by atoms with van der Waals surface area (Å²) in [5.41, 5.74) is 3.97. The van der Waals surface area contributed by atoms with E-state index in [0.29, 0.717) is 0 Å². The van der Waals surface area contributed by atoms with E-state index >= 15 is 0 Å². The predicted octanol–water partition coefficient (Wildman–Crippen LogP) is 4.69. The molecule has 2 aliphatic rings. The number of methoxy groups -OCH3 is 1. The number of aromatic nitrogens is 1. The van der Waals surface area contributed by atoms with Crippen LogP contribution >= 0.6 is 0 Å². The molecule has 1 N–H and O–H groups in total. The number of pyridine rings is 1. The van der Waals surface area contributed by atoms with Crippen LogP contribution in [0.2, 0.25) is 0 Å². The Balaban J connectivity index is 1.74. The van der Waals surface area contributed by atoms with Crippen LogP contribution in [0.5, 0.6) is 5.75 Å². The maximum Gasteiger partial charge on any atom is 0.248 e. The number of fused-ring (bicyclic) bond motifs is 4. The smallest absolute Gasteiger partial charge is 0.248 e. The zero-order valence-electron chi connectivity index (χ0n) is 17.1. The van der Waals surface area contributed by atoms with Crippen LogP contribution in [0.25, 0.3) is 6.08 Å². The van der Waals surface area contributed by atoms with Gasteiger partial charge in [0, 0.05) is 35.4 Å². The standard InChI is InChI=1S/C25H26N2O2/c1-4-21-19-10-7-17(2)25(21,22-13-14-24(28)27-23(22)16-19)26-15-5-6-18-8-11-20(29-3)12-9-18/h4-15,17,19H,16H2,1-3H3,(H,27,28)/b6-5+,21-4+,26-15?. The fourth-order valence-corrected chi connectivity index (χ4v) is 4.65. The molecule has 3 atom stereocenters. The predicted molar refractivity (Wildman–Crippen MR) is 119 cm³/mol. The number of allylic oxidation sites excluding steroid dienone is 3. The summed E-state index contributed by atoms with van der Waals surface area (Å²) >= 11 is 0. The molecule has 148 valence electrons. The van der Waals surface area contributed by atoms with Gasteiger partial charge in [0.2, 0.25) is 5.56 Å². The first-order valence-corrected chi connectivity index (χ1v) is 10.0. The van der Waals surface area contributed by atoms with Crippen molar-refractivity contribution >= 4 is 12.3 Å². The van der Waals surface area contributed by atoms with Gasteiger partial charge in [-0.3, -0.25) is 9.79 Å². The molecule has 1 heterocycles. The summed E-state index contributed by atoms with van der Waals surface area (Å²) in [6.07, 6.45) is 13.4. The SMILES string of the molecule is C/C=C1\C2C=CC(C)C1(N=C/C=C/c1ccc(OC)cc1)c1ccc(=O)[nH]c1C2. The van der Waals surface area contributed by atoms with Gasteiger partial charge >= 0.3 is 0 Å². The number of nitrogens with zero attached hydrogens (tertiary/aromatic N) is 1. The molecule has 4 rings (SSSR count). The third-order valence-electron chi connectivity index (χ3n) is 6.05. The number of benzene rings is 1. The molecule has 0 aliphatic heterocycles. The van der Waals surface area contributed by atoms with Crippen LogP contribution in [0.4, 0.5) is 0 Å². The second-order valence-electron chi connectivity index (χ2n) is 7.62. The van der Waals surface area contributed by atoms with E-state index in [1.165, 1.54) is 5.57 Å². The van der Waals surface area contributed by atoms with Crippen LogP contribution in [0.15, 0.2) is 76.1 Å². The Bertz CT molecular complexity index is 1070. The Morgan fingerprint density at radius 1 is 1.17 bits per heavy atom. The lowest BCUT2D eigenvalue weighted by atomic mass is 9.61. The minimum absolute atomic E-state index is 0.0547. The lowest BCUT2D eigenvalue weighted by molar-refractivity contribution is 0.341. The molecule has 0 amide bonds. The van der Waals surface area contributed by atoms with Gasteiger partial charge in [-0.05, 0) is 48.8 Å². The highest BCUT2D eigenvalue weighted by Crippen LogP contribution is 2.52. The first-order chi connectivity index (χ1) is 14.1. The molecule has 4 heteroatoms. The van der Waals surface area contributed by atoms with Gasteiger partial charge in [-0.2, -0.15) is 0 Å². The van der Waals surface area contributed by atoms with E-state index in [-0.39, 0.29) is 17.4 Å². The van der Waals surface area contributed by atoms with Gasteiger partial charge in [0.1, 0.15) is 11.3 Å². The summed E-state index contributed by atoms with van der Waals surface area (Å²) in [6.45, 7) is 4.28. The summed E-state index contributed by atoms with van der Waals surface area (Å²) in [4.78, 5) is 20.1. The molecule has 4 nitrogen and oxygen atoms in total. The maximum atomic E-state index is 11.9. The van der Waals surface area contributed by atoms with Gasteiger partial charge in [0.15, 0.2) is 0 Å². The summed E-state index contributed by atoms with van der Waals surface area (Å²) in [7, 11) is 1.66. The lowest BCUT2D eigenvalue weighted by Gasteiger charge is -2.47. The van der Waals surface area contributed by atoms with Crippen LogP contribution in [-0.2, 0) is 12.0 Å². The first-order valence-electron chi connectivity index (χ1n) is 10.0. The number of rotatable bonds is 4. The van der Waals surface area contributed by atoms with Crippen LogP contribution < -0.4 is 10.3 Å². The van der Waals surface area contributed by atoms with Crippen LogP contribution in [0.3, 0.4) is 0 Å². The third kappa shape index (κ3) is 3.29. The van der Waals surface area contributed by atoms with Gasteiger partial charge in [-0.15, -0.1) is 0 Å². The highest BCUT2D eigenvalue weighted by Gasteiger charge is 2.48. The van der Waals surface area contributed by atoms with Crippen molar-refractivity contribution in [2.24, 2.45) is 16.8 Å². The molecule has 0 fully saturated rings. The molecule has 0 spiro atoms. The topological polar surface area (TPSA) is 54.4 Å². The molecular weight excluding hydrogens is 360 g/mol. The summed E-state index contributed by atoms with van der Waals surface area (Å²) in [5, 5.41) is 0. The highest BCUT2D eigenvalue weighted by molar-refractivity contribution is 5.79. The van der Waals surface area contributed by atoms with E-state index in [9.17, 15) is 4.79 Å². The zero-order valence-corrected chi connectivity index (χ0v) is 17.1. The maximum absolute atomic E-state index is 11.9. The average molecular weight is 386 g/mol. The molecule has 1 aromatic carbocycles. The summed E-state index contributed by atoms with van der Waals surface area (Å²) in [5.74, 6) is 1.30. The molecule has 2 aliphatic carbocycles. The number of H-pyrrole nitrogens is 1. The van der Waals surface area contributed by atoms with Crippen molar-refractivity contribution in [2.75, 3.05) is 7.11 Å². The van der Waals surface area contributed by atoms with E-state index < -0.39 is 5.54 Å². The van der Waals surface area contributed by atoms with Crippen molar-refractivity contribution < 1.29 is 4.74 Å². The lowest BCUT2D eigenvalue weighted by Crippen LogP contribution is -2.44. The van der Waals surface area contributed by atoms with Gasteiger partial charge in [-0.1, -0.05) is 43.4 Å². The van der Waals surface area contributed by atoms with Crippen molar-refractivity contribution in [1.82, 2.24) is 4.98 Å². The van der Waals surface area contributed by atoms with E-state index in [0.717, 1.165) is 29.0 Å². The Kier molecular flexibility index (Phi) is 5.10. The highest BCUT2D eigenvalue weighted by atomic mass is 16.5. The van der Waals surface area contributed by atoms with Gasteiger partial charge in [0.25, 0.3) is 0 Å². The number of ether oxygens (including phenoxy) is 1. The second kappa shape index (κ2) is 7.70. The molecule has 3 unspecified atom stereocenters. The first kappa shape index (κ1) is 19.2. The minimum atomic E-state index is -0.476. The van der Waals surface area contributed by atoms with E-state index in [1.54, 1.807) is 13.2 Å². The largest absolute Gasteiger partial charge is 0.497 e. The Morgan fingerprint density at radius 3 is 2.69 bits per heavy atom. The summed E-state index contributed by atoms with van der Waals surface area (Å²) in [6, 6.07) is 11.5. The van der Waals surface area contributed by atoms with Crippen molar-refractivity contribution in [2.45, 2.75) is 25.8 Å². The molecule has 2 aromatic rings. The fraction of sp³-hybridized carbons (Fsp3) is 0.280. The zero-order chi connectivity index (χ0) is 20.4. The van der Waals surface area contributed by atoms with E-state index in [2.05, 4.69) is 37.1 Å². The van der Waals surface area contributed by atoms with Crippen LogP contribution in [-0.4, -0.2) is 18.3 Å². The number of aliphatic imine (C=N–C) groups is 1. The molecular formula is C25H26N2O2. The fourth-order valence-electron chi connectivity index (χ4n) is 4.65. The Labute approximate surface area is 171 Å². The third-order valence-corrected chi connectivity index (χ3v) is 6.05. The van der Waals surface area contributed by atoms with Crippen LogP contribution in [0, 0.1) is 11.8 Å². The van der Waals surface area contributed by atoms with Crippen molar-refractivity contribution in [3.8, 4) is 5.75 Å². The number of hydrogen-bond acceptors (Lipinski definition) is 3. The molecule has 2 bridgehead atoms. The average Bonchev–Trinajstić information content (AvgIpc) is 2.74. The van der Waals surface area contributed by atoms with Gasteiger partial charge in [0.05, 0.1) is 7.11 Å². The Hall–Kier alpha value is -3.14. The summed E-state index contributed by atoms with van der Waals surface area (Å²) < 4.78 is 5.21. The molecule has 0 saturated carbocycles. The Morgan fingerprint density at radius 2 is 1.97 bits per heavy atom. The number of hydrogen-bond donors (Lipinski definition) is 1. The van der Waals surface area contributed by atoms with E-state index in [1.807, 2.05) is 48.7 Å². The van der Waals surface area contributed by atoms with Gasteiger partial charge in [-0.25, -0.2) is 0 Å². The molecule has 1 aromatic heterocycles. The molecule has 0 saturated heterocycles. The monoisotopic (exact) mass is 386 g/mol. The number of nitrogens with one attached hydrogen (secondary N) is 1. The van der Waals surface area contributed by atoms with Crippen molar-refractivity contribution in [3.05, 3.63) is 93.5 Å². The van der Waals surface area contributed by atoms with Crippen molar-refractivity contribution in [1.29, 1.82) is 0 Å². The molecule has 29 heavy (non-hydrogen) atoms. The quantitative estimate of drug-likeness (QED) is 0.612. The van der Waals surface area contributed by atoms with Gasteiger partial charge < -0.3 is 9.72 Å². The van der Waals surface area contributed by atoms with Crippen molar-refractivity contribution in [3.63, 3.8) is 0 Å². The van der Waals surface area contributed by atoms with Crippen LogP contribution in [0.1, 0.15) is 30.7 Å². The normalized spacial score (nSPS) is 26.9.